The number of anilines is 3. The molecule has 0 bridgehead atoms. The zero-order valence-electron chi connectivity index (χ0n) is 22.5. The molecule has 16 heteroatoms. The fourth-order valence-electron chi connectivity index (χ4n) is 3.99. The molecule has 0 aliphatic rings. The Kier molecular flexibility index (Phi) is 10.8. The predicted octanol–water partition coefficient (Wildman–Crippen LogP) is 1.46. The van der Waals surface area contributed by atoms with E-state index in [4.69, 9.17) is 5.26 Å². The van der Waals surface area contributed by atoms with E-state index in [9.17, 15) is 19.3 Å². The summed E-state index contributed by atoms with van der Waals surface area (Å²) in [5.41, 5.74) is 1.55. The Bertz CT molecular complexity index is 1690. The van der Waals surface area contributed by atoms with Crippen molar-refractivity contribution in [3.63, 3.8) is 0 Å². The lowest BCUT2D eigenvalue weighted by molar-refractivity contribution is -0.898. The highest BCUT2D eigenvalue weighted by Gasteiger charge is 2.28. The summed E-state index contributed by atoms with van der Waals surface area (Å²) in [6, 6.07) is 8.13. The van der Waals surface area contributed by atoms with Crippen molar-refractivity contribution in [1.29, 1.82) is 5.26 Å². The quantitative estimate of drug-likeness (QED) is 0.102. The summed E-state index contributed by atoms with van der Waals surface area (Å²) in [6.07, 6.45) is 7.48. The third-order valence-electron chi connectivity index (χ3n) is 5.96. The van der Waals surface area contributed by atoms with Crippen LogP contribution in [0.2, 0.25) is 0 Å². The number of pyridine rings is 1. The first-order valence-electron chi connectivity index (χ1n) is 12.2. The van der Waals surface area contributed by atoms with Gasteiger partial charge in [-0.1, -0.05) is 0 Å². The molecule has 218 valence electrons. The van der Waals surface area contributed by atoms with E-state index < -0.39 is 16.6 Å². The molecule has 0 saturated heterocycles. The number of nitrogens with one attached hydrogen (secondary N) is 2. The second-order valence-electron chi connectivity index (χ2n) is 9.60. The lowest BCUT2D eigenvalue weighted by Gasteiger charge is -2.28. The van der Waals surface area contributed by atoms with Gasteiger partial charge in [0, 0.05) is 23.7 Å². The van der Waals surface area contributed by atoms with Crippen molar-refractivity contribution in [2.45, 2.75) is 19.5 Å². The number of fused-ring (bicyclic) bond motifs is 1. The molecule has 3 aromatic heterocycles. The van der Waals surface area contributed by atoms with E-state index in [0.29, 0.717) is 50.1 Å². The molecule has 0 atom stereocenters. The first kappa shape index (κ1) is 32.2. The topological polar surface area (TPSA) is 165 Å². The molecular formula is C26H25Br2FN10O3. The van der Waals surface area contributed by atoms with Crippen molar-refractivity contribution in [3.05, 3.63) is 81.4 Å². The molecule has 0 fully saturated rings. The van der Waals surface area contributed by atoms with Gasteiger partial charge in [-0.15, -0.1) is 0 Å². The number of aromatic nitrogens is 5. The number of benzene rings is 1. The number of amides is 1. The summed E-state index contributed by atoms with van der Waals surface area (Å²) in [5, 5.41) is 26.8. The van der Waals surface area contributed by atoms with E-state index in [1.807, 2.05) is 20.2 Å². The van der Waals surface area contributed by atoms with Crippen LogP contribution in [0.4, 0.5) is 27.5 Å². The maximum Gasteiger partial charge on any atom is 0.390 e. The smallest absolute Gasteiger partial charge is 0.390 e. The average Bonchev–Trinajstić information content (AvgIpc) is 3.31. The van der Waals surface area contributed by atoms with Crippen LogP contribution in [-0.4, -0.2) is 60.5 Å². The van der Waals surface area contributed by atoms with Gasteiger partial charge in [0.2, 0.25) is 12.2 Å². The molecule has 0 radical (unpaired) electrons. The van der Waals surface area contributed by atoms with E-state index in [-0.39, 0.29) is 41.6 Å². The lowest BCUT2D eigenvalue weighted by atomic mass is 10.2. The van der Waals surface area contributed by atoms with Gasteiger partial charge >= 0.3 is 5.82 Å². The molecule has 4 aromatic rings. The summed E-state index contributed by atoms with van der Waals surface area (Å²) in [5.74, 6) is -0.338. The molecule has 0 unspecified atom stereocenters. The second kappa shape index (κ2) is 14.0. The van der Waals surface area contributed by atoms with Crippen molar-refractivity contribution in [2.24, 2.45) is 0 Å². The highest BCUT2D eigenvalue weighted by atomic mass is 79.9. The van der Waals surface area contributed by atoms with Crippen molar-refractivity contribution >= 4 is 55.9 Å². The Labute approximate surface area is 258 Å². The van der Waals surface area contributed by atoms with Gasteiger partial charge in [-0.3, -0.25) is 4.79 Å². The van der Waals surface area contributed by atoms with Crippen LogP contribution in [0, 0.1) is 27.3 Å². The minimum Gasteiger partial charge on any atom is -1.00 e. The molecule has 0 aliphatic carbocycles. The number of carbonyl (C=O) groups excluding carboxylic acids is 1. The SMILES string of the molecule is C[N+](C)(C/C=C/C(=O)Nc1cc2c(Nc3ccc(F)c(Br)c3)ncnc2cn1)Cc1c([N+](=O)[O-])ncn1CCC#N.[Br-]. The Morgan fingerprint density at radius 2 is 2.05 bits per heavy atom. The third kappa shape index (κ3) is 8.12. The molecule has 3 heterocycles. The first-order chi connectivity index (χ1) is 19.6. The van der Waals surface area contributed by atoms with Crippen LogP contribution in [0.3, 0.4) is 0 Å². The monoisotopic (exact) mass is 702 g/mol. The van der Waals surface area contributed by atoms with Crippen molar-refractivity contribution in [1.82, 2.24) is 24.5 Å². The minimum absolute atomic E-state index is 0. The fourth-order valence-corrected chi connectivity index (χ4v) is 4.37. The van der Waals surface area contributed by atoms with Crippen LogP contribution in [0.5, 0.6) is 0 Å². The molecule has 13 nitrogen and oxygen atoms in total. The molecule has 0 spiro atoms. The van der Waals surface area contributed by atoms with E-state index in [1.54, 1.807) is 28.8 Å². The van der Waals surface area contributed by atoms with E-state index in [1.165, 1.54) is 31.0 Å². The van der Waals surface area contributed by atoms with Crippen LogP contribution in [0.15, 0.2) is 59.7 Å². The van der Waals surface area contributed by atoms with Crippen LogP contribution in [-0.2, 0) is 17.9 Å². The van der Waals surface area contributed by atoms with Crippen LogP contribution < -0.4 is 27.6 Å². The van der Waals surface area contributed by atoms with Gasteiger partial charge in [0.1, 0.15) is 30.3 Å². The largest absolute Gasteiger partial charge is 1.00 e. The fraction of sp³-hybridized carbons (Fsp3) is 0.231. The second-order valence-corrected chi connectivity index (χ2v) is 10.5. The molecule has 2 N–H and O–H groups in total. The number of halogens is 3. The summed E-state index contributed by atoms with van der Waals surface area (Å²) in [4.78, 5) is 40.2. The van der Waals surface area contributed by atoms with E-state index in [0.717, 1.165) is 0 Å². The number of likely N-dealkylation sites (N-methyl/N-ethyl adjacent to an activating group) is 1. The Balaban J connectivity index is 0.00000484. The number of quaternary nitrogens is 1. The lowest BCUT2D eigenvalue weighted by Crippen LogP contribution is -3.00. The summed E-state index contributed by atoms with van der Waals surface area (Å²) in [7, 11) is 3.74. The van der Waals surface area contributed by atoms with Gasteiger partial charge < -0.3 is 46.8 Å². The highest BCUT2D eigenvalue weighted by molar-refractivity contribution is 9.10. The zero-order valence-corrected chi connectivity index (χ0v) is 25.6. The zero-order chi connectivity index (χ0) is 29.6. The van der Waals surface area contributed by atoms with Crippen molar-refractivity contribution in [2.75, 3.05) is 31.3 Å². The average molecular weight is 704 g/mol. The minimum atomic E-state index is -0.539. The predicted molar refractivity (Wildman–Crippen MR) is 152 cm³/mol. The summed E-state index contributed by atoms with van der Waals surface area (Å²) < 4.78 is 15.8. The van der Waals surface area contributed by atoms with E-state index >= 15 is 0 Å². The Morgan fingerprint density at radius 1 is 1.26 bits per heavy atom. The maximum absolute atomic E-state index is 13.6. The van der Waals surface area contributed by atoms with E-state index in [2.05, 4.69) is 46.5 Å². The molecule has 1 aromatic carbocycles. The normalized spacial score (nSPS) is 11.2. The van der Waals surface area contributed by atoms with Crippen LogP contribution in [0.25, 0.3) is 10.9 Å². The number of aryl methyl sites for hydroxylation is 1. The number of nitro groups is 1. The summed E-state index contributed by atoms with van der Waals surface area (Å²) in [6.45, 7) is 0.946. The molecular weight excluding hydrogens is 679 g/mol. The number of imidazole rings is 1. The first-order valence-corrected chi connectivity index (χ1v) is 13.0. The van der Waals surface area contributed by atoms with Gasteiger partial charge in [-0.25, -0.2) is 19.3 Å². The van der Waals surface area contributed by atoms with Crippen LogP contribution >= 0.6 is 15.9 Å². The van der Waals surface area contributed by atoms with Gasteiger partial charge in [-0.2, -0.15) is 5.26 Å². The number of nitriles is 1. The van der Waals surface area contributed by atoms with Crippen molar-refractivity contribution in [3.8, 4) is 6.07 Å². The standard InChI is InChI=1S/C26H24BrFN10O3.BrH/c1-38(2,14-22-26(37(40)41)33-16-36(22)9-4-8-29)10-3-5-24(39)35-23-12-18-21(13-30-23)31-15-32-25(18)34-17-6-7-20(28)19(27)11-17;/h3,5-7,11-13,15-16H,4,9-10,14H2,1-2H3,(H-,30,31,32,34,35,39);1H/b5-3+;. The number of hydrogen-bond donors (Lipinski definition) is 2. The number of rotatable bonds is 11. The molecule has 1 amide bonds. The van der Waals surface area contributed by atoms with Gasteiger partial charge in [0.25, 0.3) is 0 Å². The van der Waals surface area contributed by atoms with Gasteiger partial charge in [0.05, 0.1) is 49.3 Å². The highest BCUT2D eigenvalue weighted by Crippen LogP contribution is 2.27. The molecule has 4 rings (SSSR count). The third-order valence-corrected chi connectivity index (χ3v) is 6.57. The van der Waals surface area contributed by atoms with Crippen LogP contribution in [0.1, 0.15) is 12.1 Å². The molecule has 0 aliphatic heterocycles. The summed E-state index contributed by atoms with van der Waals surface area (Å²) >= 11 is 3.16. The number of hydrogen-bond acceptors (Lipinski definition) is 9. The molecule has 42 heavy (non-hydrogen) atoms. The maximum atomic E-state index is 13.6. The van der Waals surface area contributed by atoms with Gasteiger partial charge in [0.15, 0.2) is 5.69 Å². The Morgan fingerprint density at radius 3 is 2.76 bits per heavy atom. The number of carbonyl (C=O) groups is 1. The Hall–Kier alpha value is -4.33. The van der Waals surface area contributed by atoms with Crippen molar-refractivity contribution < 1.29 is 35.6 Å². The van der Waals surface area contributed by atoms with Gasteiger partial charge in [-0.05, 0) is 56.2 Å². The molecule has 0 saturated carbocycles. The number of nitrogens with zero attached hydrogens (tertiary/aromatic N) is 8.